The molecular formula is C14H18ClN5O6. The number of alkyl halides is 1. The van der Waals surface area contributed by atoms with Gasteiger partial charge in [0.15, 0.2) is 17.7 Å². The number of hydrogen-bond donors (Lipinski definition) is 3. The fraction of sp³-hybridized carbons (Fsp3) is 0.571. The van der Waals surface area contributed by atoms with Crippen molar-refractivity contribution in [2.45, 2.75) is 37.2 Å². The second kappa shape index (κ2) is 6.93. The molecule has 1 saturated heterocycles. The van der Waals surface area contributed by atoms with Gasteiger partial charge in [-0.15, -0.1) is 11.6 Å². The Morgan fingerprint density at radius 1 is 1.58 bits per heavy atom. The number of nitro groups is 1. The van der Waals surface area contributed by atoms with E-state index in [1.54, 1.807) is 6.92 Å². The first-order chi connectivity index (χ1) is 12.3. The molecule has 0 bridgehead atoms. The SMILES string of the molecule is CCONc1ncnc2c1c([N+](=O)[O-])cn2[C@@H]1OC(CO)C(O)[C@@]1(C)Cl. The van der Waals surface area contributed by atoms with Gasteiger partial charge in [0.25, 0.3) is 5.69 Å². The number of aliphatic hydroxyl groups is 2. The van der Waals surface area contributed by atoms with Crippen molar-refractivity contribution in [3.05, 3.63) is 22.6 Å². The number of hydrogen-bond acceptors (Lipinski definition) is 9. The largest absolute Gasteiger partial charge is 0.394 e. The van der Waals surface area contributed by atoms with Gasteiger partial charge in [0.1, 0.15) is 28.8 Å². The minimum Gasteiger partial charge on any atom is -0.394 e. The van der Waals surface area contributed by atoms with E-state index in [-0.39, 0.29) is 22.5 Å². The van der Waals surface area contributed by atoms with Crippen LogP contribution in [0.2, 0.25) is 0 Å². The van der Waals surface area contributed by atoms with Gasteiger partial charge in [0.2, 0.25) is 0 Å². The van der Waals surface area contributed by atoms with E-state index in [0.29, 0.717) is 6.61 Å². The number of aromatic nitrogens is 3. The Morgan fingerprint density at radius 2 is 2.31 bits per heavy atom. The molecule has 2 aromatic rings. The van der Waals surface area contributed by atoms with Crippen molar-refractivity contribution < 1.29 is 24.7 Å². The van der Waals surface area contributed by atoms with Gasteiger partial charge in [-0.25, -0.2) is 15.4 Å². The smallest absolute Gasteiger partial charge is 0.300 e. The first kappa shape index (κ1) is 18.7. The summed E-state index contributed by atoms with van der Waals surface area (Å²) < 4.78 is 7.00. The van der Waals surface area contributed by atoms with Crippen LogP contribution in [-0.2, 0) is 9.57 Å². The first-order valence-electron chi connectivity index (χ1n) is 7.83. The van der Waals surface area contributed by atoms with Crippen LogP contribution in [0.1, 0.15) is 20.1 Å². The number of nitrogens with zero attached hydrogens (tertiary/aromatic N) is 4. The summed E-state index contributed by atoms with van der Waals surface area (Å²) in [5.74, 6) is 0.121. The zero-order valence-corrected chi connectivity index (χ0v) is 14.8. The normalized spacial score (nSPS) is 28.6. The van der Waals surface area contributed by atoms with E-state index in [4.69, 9.17) is 21.2 Å². The van der Waals surface area contributed by atoms with Crippen LogP contribution < -0.4 is 5.48 Å². The van der Waals surface area contributed by atoms with E-state index < -0.39 is 34.8 Å². The number of aliphatic hydroxyl groups excluding tert-OH is 2. The van der Waals surface area contributed by atoms with Gasteiger partial charge in [-0.1, -0.05) is 0 Å². The van der Waals surface area contributed by atoms with Gasteiger partial charge in [0.05, 0.1) is 24.3 Å². The zero-order chi connectivity index (χ0) is 19.1. The Labute approximate surface area is 152 Å². The fourth-order valence-corrected chi connectivity index (χ4v) is 3.26. The first-order valence-corrected chi connectivity index (χ1v) is 8.21. The minimum absolute atomic E-state index is 0.115. The summed E-state index contributed by atoms with van der Waals surface area (Å²) in [5.41, 5.74) is 2.45. The van der Waals surface area contributed by atoms with Crippen molar-refractivity contribution in [1.82, 2.24) is 14.5 Å². The molecule has 0 aromatic carbocycles. The molecule has 1 aliphatic heterocycles. The average Bonchev–Trinajstić information content (AvgIpc) is 3.09. The summed E-state index contributed by atoms with van der Waals surface area (Å²) in [6, 6.07) is 0. The maximum absolute atomic E-state index is 11.5. The molecule has 11 nitrogen and oxygen atoms in total. The lowest BCUT2D eigenvalue weighted by Gasteiger charge is -2.26. The highest BCUT2D eigenvalue weighted by atomic mass is 35.5. The highest BCUT2D eigenvalue weighted by Crippen LogP contribution is 2.46. The summed E-state index contributed by atoms with van der Waals surface area (Å²) >= 11 is 6.44. The van der Waals surface area contributed by atoms with Crippen LogP contribution in [0.25, 0.3) is 11.0 Å². The van der Waals surface area contributed by atoms with E-state index >= 15 is 0 Å². The van der Waals surface area contributed by atoms with Crippen LogP contribution >= 0.6 is 11.6 Å². The van der Waals surface area contributed by atoms with Crippen molar-refractivity contribution in [2.75, 3.05) is 18.7 Å². The van der Waals surface area contributed by atoms with Gasteiger partial charge < -0.3 is 14.9 Å². The van der Waals surface area contributed by atoms with Gasteiger partial charge >= 0.3 is 0 Å². The molecule has 2 aromatic heterocycles. The maximum Gasteiger partial charge on any atom is 0.300 e. The molecule has 0 amide bonds. The molecule has 1 fully saturated rings. The van der Waals surface area contributed by atoms with Crippen LogP contribution in [0.5, 0.6) is 0 Å². The molecule has 0 saturated carbocycles. The molecular weight excluding hydrogens is 370 g/mol. The highest BCUT2D eigenvalue weighted by molar-refractivity contribution is 6.24. The number of fused-ring (bicyclic) bond motifs is 1. The average molecular weight is 388 g/mol. The lowest BCUT2D eigenvalue weighted by Crippen LogP contribution is -2.39. The number of halogens is 1. The third kappa shape index (κ3) is 2.87. The highest BCUT2D eigenvalue weighted by Gasteiger charge is 2.53. The topological polar surface area (TPSA) is 145 Å². The summed E-state index contributed by atoms with van der Waals surface area (Å²) in [4.78, 5) is 22.8. The van der Waals surface area contributed by atoms with Gasteiger partial charge in [-0.3, -0.25) is 19.5 Å². The van der Waals surface area contributed by atoms with Gasteiger partial charge in [-0.2, -0.15) is 0 Å². The number of ether oxygens (including phenoxy) is 1. The molecule has 2 unspecified atom stereocenters. The van der Waals surface area contributed by atoms with Crippen LogP contribution in [0, 0.1) is 10.1 Å². The van der Waals surface area contributed by atoms with Crippen molar-refractivity contribution in [2.24, 2.45) is 0 Å². The van der Waals surface area contributed by atoms with E-state index in [0.717, 1.165) is 0 Å². The lowest BCUT2D eigenvalue weighted by molar-refractivity contribution is -0.383. The molecule has 3 rings (SSSR count). The standard InChI is InChI=1S/C14H18ClN5O6/c1-3-25-18-11-9-7(20(23)24)4-19(12(9)17-6-16-11)13-14(2,15)10(22)8(5-21)26-13/h4,6,8,10,13,21-22H,3,5H2,1-2H3,(H,16,17,18)/t8?,10?,13-,14-/m1/s1. The summed E-state index contributed by atoms with van der Waals surface area (Å²) in [6.07, 6.45) is -0.679. The molecule has 142 valence electrons. The van der Waals surface area contributed by atoms with E-state index in [9.17, 15) is 20.3 Å². The van der Waals surface area contributed by atoms with Crippen molar-refractivity contribution in [3.63, 3.8) is 0 Å². The van der Waals surface area contributed by atoms with E-state index in [1.165, 1.54) is 24.0 Å². The lowest BCUT2D eigenvalue weighted by atomic mass is 10.0. The Bertz CT molecular complexity index is 828. The van der Waals surface area contributed by atoms with E-state index in [2.05, 4.69) is 15.4 Å². The van der Waals surface area contributed by atoms with E-state index in [1.807, 2.05) is 0 Å². The number of anilines is 1. The van der Waals surface area contributed by atoms with Crippen molar-refractivity contribution in [3.8, 4) is 0 Å². The molecule has 3 heterocycles. The van der Waals surface area contributed by atoms with Crippen molar-refractivity contribution in [1.29, 1.82) is 0 Å². The summed E-state index contributed by atoms with van der Waals surface area (Å²) in [7, 11) is 0. The fourth-order valence-electron chi connectivity index (χ4n) is 2.96. The Kier molecular flexibility index (Phi) is 4.99. The molecule has 12 heteroatoms. The molecule has 3 N–H and O–H groups in total. The Balaban J connectivity index is 2.17. The Hall–Kier alpha value is -2.05. The van der Waals surface area contributed by atoms with Gasteiger partial charge in [-0.05, 0) is 13.8 Å². The second-order valence-corrected chi connectivity index (χ2v) is 6.75. The zero-order valence-electron chi connectivity index (χ0n) is 14.0. The van der Waals surface area contributed by atoms with Crippen LogP contribution in [-0.4, -0.2) is 60.0 Å². The summed E-state index contributed by atoms with van der Waals surface area (Å²) in [6.45, 7) is 3.13. The maximum atomic E-state index is 11.5. The van der Waals surface area contributed by atoms with Crippen LogP contribution in [0.15, 0.2) is 12.5 Å². The number of nitrogens with one attached hydrogen (secondary N) is 1. The third-order valence-electron chi connectivity index (χ3n) is 4.25. The molecule has 1 aliphatic rings. The quantitative estimate of drug-likeness (QED) is 0.374. The van der Waals surface area contributed by atoms with Gasteiger partial charge in [0, 0.05) is 0 Å². The minimum atomic E-state index is -1.34. The van der Waals surface area contributed by atoms with Crippen LogP contribution in [0.3, 0.4) is 0 Å². The van der Waals surface area contributed by atoms with Crippen molar-refractivity contribution >= 4 is 34.1 Å². The molecule has 0 radical (unpaired) electrons. The number of rotatable bonds is 6. The predicted molar refractivity (Wildman–Crippen MR) is 90.7 cm³/mol. The summed E-state index contributed by atoms with van der Waals surface area (Å²) in [5, 5.41) is 31.3. The molecule has 0 aliphatic carbocycles. The van der Waals surface area contributed by atoms with Crippen LogP contribution in [0.4, 0.5) is 11.5 Å². The molecule has 26 heavy (non-hydrogen) atoms. The molecule has 4 atom stereocenters. The Morgan fingerprint density at radius 3 is 2.88 bits per heavy atom. The molecule has 0 spiro atoms. The monoisotopic (exact) mass is 387 g/mol. The third-order valence-corrected chi connectivity index (χ3v) is 4.66. The predicted octanol–water partition coefficient (Wildman–Crippen LogP) is 0.951. The second-order valence-electron chi connectivity index (χ2n) is 5.94.